The largest absolute Gasteiger partial charge is 0.478 e. The van der Waals surface area contributed by atoms with Crippen molar-refractivity contribution in [2.45, 2.75) is 6.18 Å². The Morgan fingerprint density at radius 1 is 1.00 bits per heavy atom. The van der Waals surface area contributed by atoms with Crippen molar-refractivity contribution in [3.05, 3.63) is 65.2 Å². The second-order valence-electron chi connectivity index (χ2n) is 5.21. The average molecular weight is 353 g/mol. The first-order chi connectivity index (χ1) is 11.7. The Labute approximate surface area is 137 Å². The lowest BCUT2D eigenvalue weighted by Gasteiger charge is -2.11. The van der Waals surface area contributed by atoms with E-state index in [1.54, 1.807) is 0 Å². The van der Waals surface area contributed by atoms with Crippen LogP contribution in [0.1, 0.15) is 15.9 Å². The number of halogens is 5. The van der Waals surface area contributed by atoms with Crippen molar-refractivity contribution >= 4 is 16.9 Å². The molecule has 128 valence electrons. The monoisotopic (exact) mass is 353 g/mol. The summed E-state index contributed by atoms with van der Waals surface area (Å²) in [6.07, 6.45) is -4.65. The maximum absolute atomic E-state index is 13.9. The average Bonchev–Trinajstić information content (AvgIpc) is 2.52. The lowest BCUT2D eigenvalue weighted by Crippen LogP contribution is -2.06. The van der Waals surface area contributed by atoms with Crippen LogP contribution in [0.5, 0.6) is 0 Å². The first-order valence-electron chi connectivity index (χ1n) is 6.87. The standard InChI is InChI=1S/C17H8F5NO2/c18-9-2-3-10(13(19)6-9)15-7-12(16(24)25)11-5-8(17(20,21)22)1-4-14(11)23-15/h1-7H,(H,24,25). The first-order valence-corrected chi connectivity index (χ1v) is 6.87. The minimum absolute atomic E-state index is 0.0494. The van der Waals surface area contributed by atoms with Crippen molar-refractivity contribution in [1.82, 2.24) is 4.98 Å². The van der Waals surface area contributed by atoms with E-state index in [4.69, 9.17) is 0 Å². The van der Waals surface area contributed by atoms with Gasteiger partial charge in [0.2, 0.25) is 0 Å². The van der Waals surface area contributed by atoms with E-state index < -0.39 is 34.9 Å². The highest BCUT2D eigenvalue weighted by Gasteiger charge is 2.31. The molecule has 1 aromatic heterocycles. The summed E-state index contributed by atoms with van der Waals surface area (Å²) < 4.78 is 65.4. The fourth-order valence-corrected chi connectivity index (χ4v) is 2.41. The molecule has 0 saturated heterocycles. The van der Waals surface area contributed by atoms with Gasteiger partial charge in [-0.1, -0.05) is 0 Å². The van der Waals surface area contributed by atoms with Crippen molar-refractivity contribution in [1.29, 1.82) is 0 Å². The number of nitrogens with zero attached hydrogens (tertiary/aromatic N) is 1. The van der Waals surface area contributed by atoms with Gasteiger partial charge in [-0.2, -0.15) is 13.2 Å². The third-order valence-electron chi connectivity index (χ3n) is 3.57. The molecule has 3 aromatic rings. The van der Waals surface area contributed by atoms with E-state index in [-0.39, 0.29) is 22.2 Å². The third-order valence-corrected chi connectivity index (χ3v) is 3.57. The SMILES string of the molecule is O=C(O)c1cc(-c2ccc(F)cc2F)nc2ccc(C(F)(F)F)cc12. The molecule has 8 heteroatoms. The number of pyridine rings is 1. The fraction of sp³-hybridized carbons (Fsp3) is 0.0588. The number of carbonyl (C=O) groups is 1. The predicted molar refractivity (Wildman–Crippen MR) is 79.1 cm³/mol. The minimum Gasteiger partial charge on any atom is -0.478 e. The van der Waals surface area contributed by atoms with Crippen molar-refractivity contribution < 1.29 is 31.9 Å². The van der Waals surface area contributed by atoms with Crippen LogP contribution in [0.15, 0.2) is 42.5 Å². The number of carboxylic acid groups (broad SMARTS) is 1. The van der Waals surface area contributed by atoms with Crippen molar-refractivity contribution in [3.8, 4) is 11.3 Å². The molecule has 0 atom stereocenters. The lowest BCUT2D eigenvalue weighted by molar-refractivity contribution is -0.137. The minimum atomic E-state index is -4.65. The van der Waals surface area contributed by atoms with Crippen molar-refractivity contribution in [2.75, 3.05) is 0 Å². The predicted octanol–water partition coefficient (Wildman–Crippen LogP) is 4.90. The topological polar surface area (TPSA) is 50.2 Å². The van der Waals surface area contributed by atoms with Gasteiger partial charge in [0.15, 0.2) is 0 Å². The van der Waals surface area contributed by atoms with Crippen LogP contribution in [0.25, 0.3) is 22.2 Å². The maximum atomic E-state index is 13.9. The second-order valence-corrected chi connectivity index (χ2v) is 5.21. The van der Waals surface area contributed by atoms with E-state index in [1.165, 1.54) is 0 Å². The van der Waals surface area contributed by atoms with Gasteiger partial charge in [0.1, 0.15) is 11.6 Å². The molecule has 2 aromatic carbocycles. The number of benzene rings is 2. The number of fused-ring (bicyclic) bond motifs is 1. The van der Waals surface area contributed by atoms with Gasteiger partial charge < -0.3 is 5.11 Å². The van der Waals surface area contributed by atoms with Crippen molar-refractivity contribution in [2.24, 2.45) is 0 Å². The van der Waals surface area contributed by atoms with Gasteiger partial charge in [0.25, 0.3) is 0 Å². The third kappa shape index (κ3) is 3.15. The molecule has 0 unspecified atom stereocenters. The molecule has 0 aliphatic heterocycles. The summed E-state index contributed by atoms with van der Waals surface area (Å²) >= 11 is 0. The van der Waals surface area contributed by atoms with Crippen LogP contribution in [0, 0.1) is 11.6 Å². The van der Waals surface area contributed by atoms with Gasteiger partial charge in [0, 0.05) is 17.0 Å². The molecule has 0 amide bonds. The van der Waals surface area contributed by atoms with E-state index in [1.807, 2.05) is 0 Å². The second kappa shape index (κ2) is 5.80. The van der Waals surface area contributed by atoms with E-state index in [0.717, 1.165) is 30.3 Å². The zero-order valence-corrected chi connectivity index (χ0v) is 12.2. The zero-order chi connectivity index (χ0) is 18.4. The molecule has 3 nitrogen and oxygen atoms in total. The van der Waals surface area contributed by atoms with Gasteiger partial charge in [-0.3, -0.25) is 0 Å². The molecule has 0 bridgehead atoms. The summed E-state index contributed by atoms with van der Waals surface area (Å²) in [6, 6.07) is 6.06. The van der Waals surface area contributed by atoms with Crippen LogP contribution in [0.4, 0.5) is 22.0 Å². The fourth-order valence-electron chi connectivity index (χ4n) is 2.41. The number of rotatable bonds is 2. The van der Waals surface area contributed by atoms with Crippen LogP contribution >= 0.6 is 0 Å². The molecular weight excluding hydrogens is 345 g/mol. The molecule has 0 saturated carbocycles. The smallest absolute Gasteiger partial charge is 0.416 e. The number of aromatic carboxylic acids is 1. The van der Waals surface area contributed by atoms with Crippen LogP contribution < -0.4 is 0 Å². The van der Waals surface area contributed by atoms with Gasteiger partial charge in [-0.05, 0) is 36.4 Å². The summed E-state index contributed by atoms with van der Waals surface area (Å²) in [5.74, 6) is -3.28. The Hall–Kier alpha value is -3.03. The van der Waals surface area contributed by atoms with Crippen LogP contribution in [0.2, 0.25) is 0 Å². The summed E-state index contributed by atoms with van der Waals surface area (Å²) in [5, 5.41) is 9.07. The Kier molecular flexibility index (Phi) is 3.90. The molecule has 0 aliphatic rings. The highest BCUT2D eigenvalue weighted by molar-refractivity contribution is 6.04. The van der Waals surface area contributed by atoms with Gasteiger partial charge in [-0.25, -0.2) is 18.6 Å². The normalized spacial score (nSPS) is 11.7. The highest BCUT2D eigenvalue weighted by atomic mass is 19.4. The van der Waals surface area contributed by atoms with Crippen LogP contribution in [-0.4, -0.2) is 16.1 Å². The van der Waals surface area contributed by atoms with E-state index in [2.05, 4.69) is 4.98 Å². The Balaban J connectivity index is 2.29. The molecule has 3 rings (SSSR count). The summed E-state index contributed by atoms with van der Waals surface area (Å²) in [7, 11) is 0. The number of hydrogen-bond donors (Lipinski definition) is 1. The highest BCUT2D eigenvalue weighted by Crippen LogP contribution is 2.33. The molecule has 25 heavy (non-hydrogen) atoms. The molecule has 1 N–H and O–H groups in total. The van der Waals surface area contributed by atoms with Gasteiger partial charge in [-0.15, -0.1) is 0 Å². The Morgan fingerprint density at radius 2 is 1.72 bits per heavy atom. The molecule has 0 fully saturated rings. The van der Waals surface area contributed by atoms with Crippen molar-refractivity contribution in [3.63, 3.8) is 0 Å². The maximum Gasteiger partial charge on any atom is 0.416 e. The zero-order valence-electron chi connectivity index (χ0n) is 12.2. The molecule has 0 radical (unpaired) electrons. The number of carboxylic acids is 1. The molecular formula is C17H8F5NO2. The van der Waals surface area contributed by atoms with E-state index >= 15 is 0 Å². The molecule has 0 aliphatic carbocycles. The molecule has 0 spiro atoms. The quantitative estimate of drug-likeness (QED) is 0.667. The Morgan fingerprint density at radius 3 is 2.32 bits per heavy atom. The van der Waals surface area contributed by atoms with E-state index in [0.29, 0.717) is 12.1 Å². The Bertz CT molecular complexity index is 998. The van der Waals surface area contributed by atoms with Gasteiger partial charge in [0.05, 0.1) is 22.3 Å². The summed E-state index contributed by atoms with van der Waals surface area (Å²) in [5.41, 5.74) is -1.82. The van der Waals surface area contributed by atoms with E-state index in [9.17, 15) is 31.9 Å². The molecule has 1 heterocycles. The first kappa shape index (κ1) is 16.8. The van der Waals surface area contributed by atoms with Gasteiger partial charge >= 0.3 is 12.1 Å². The number of aromatic nitrogens is 1. The number of alkyl halides is 3. The summed E-state index contributed by atoms with van der Waals surface area (Å²) in [6.45, 7) is 0. The lowest BCUT2D eigenvalue weighted by atomic mass is 10.0. The summed E-state index contributed by atoms with van der Waals surface area (Å²) in [4.78, 5) is 15.4. The number of hydrogen-bond acceptors (Lipinski definition) is 2. The van der Waals surface area contributed by atoms with Crippen LogP contribution in [-0.2, 0) is 6.18 Å². The van der Waals surface area contributed by atoms with Crippen LogP contribution in [0.3, 0.4) is 0 Å².